The highest BCUT2D eigenvalue weighted by Crippen LogP contribution is 2.17. The van der Waals surface area contributed by atoms with E-state index in [1.54, 1.807) is 0 Å². The van der Waals surface area contributed by atoms with Crippen LogP contribution < -0.4 is 0 Å². The van der Waals surface area contributed by atoms with Crippen LogP contribution >= 0.6 is 0 Å². The Balaban J connectivity index is 4.34. The predicted octanol–water partition coefficient (Wildman–Crippen LogP) is 22.0. The van der Waals surface area contributed by atoms with Gasteiger partial charge in [-0.2, -0.15) is 0 Å². The average molecular weight is 1030 g/mol. The topological polar surface area (TPSA) is 78.9 Å². The molecular formula is C67H124O6. The SMILES string of the molecule is CCCCC/C=C\C/C=C\CCCCCCCCCCCC(=O)OCC(COC(=O)CCCCCCCCCCCCCCCCCCCC)OC(=O)CCCCCCCCC/C=C\CCCCCCCCC. The van der Waals surface area contributed by atoms with Gasteiger partial charge in [-0.3, -0.25) is 14.4 Å². The number of ether oxygens (including phenoxy) is 3. The molecule has 0 aromatic rings. The second kappa shape index (κ2) is 62.2. The Morgan fingerprint density at radius 2 is 0.493 bits per heavy atom. The third-order valence-corrected chi connectivity index (χ3v) is 14.6. The lowest BCUT2D eigenvalue weighted by Crippen LogP contribution is -2.30. The van der Waals surface area contributed by atoms with Gasteiger partial charge in [0.25, 0.3) is 0 Å². The number of allylic oxidation sites excluding steroid dienone is 6. The van der Waals surface area contributed by atoms with Gasteiger partial charge in [-0.1, -0.05) is 295 Å². The third kappa shape index (κ3) is 60.4. The molecule has 1 unspecified atom stereocenters. The van der Waals surface area contributed by atoms with E-state index in [1.165, 1.54) is 250 Å². The molecule has 0 aromatic heterocycles. The summed E-state index contributed by atoms with van der Waals surface area (Å²) in [7, 11) is 0. The number of unbranched alkanes of at least 4 members (excludes halogenated alkanes) is 43. The highest BCUT2D eigenvalue weighted by molar-refractivity contribution is 5.71. The Hall–Kier alpha value is -2.37. The van der Waals surface area contributed by atoms with Crippen molar-refractivity contribution in [2.75, 3.05) is 13.2 Å². The van der Waals surface area contributed by atoms with E-state index in [9.17, 15) is 14.4 Å². The van der Waals surface area contributed by atoms with Crippen molar-refractivity contribution in [2.24, 2.45) is 0 Å². The molecule has 428 valence electrons. The smallest absolute Gasteiger partial charge is 0.306 e. The molecular weight excluding hydrogens is 901 g/mol. The average Bonchev–Trinajstić information content (AvgIpc) is 3.39. The third-order valence-electron chi connectivity index (χ3n) is 14.6. The highest BCUT2D eigenvalue weighted by atomic mass is 16.6. The van der Waals surface area contributed by atoms with Crippen LogP contribution in [-0.2, 0) is 28.6 Å². The van der Waals surface area contributed by atoms with Gasteiger partial charge in [-0.05, 0) is 77.0 Å². The largest absolute Gasteiger partial charge is 0.462 e. The second-order valence-electron chi connectivity index (χ2n) is 22.0. The standard InChI is InChI=1S/C67H124O6/c1-4-7-10-13-16-19-22-25-28-31-34-37-39-42-45-48-51-54-57-60-66(69)72-63-64(73-67(70)61-58-55-52-49-46-43-40-36-33-30-27-24-21-18-15-12-9-6-3)62-71-65(68)59-56-53-50-47-44-41-38-35-32-29-26-23-20-17-14-11-8-5-2/h16,19,25,28,30,33,64H,4-15,17-18,20-24,26-27,29,31-32,34-63H2,1-3H3/b19-16-,28-25-,33-30-. The van der Waals surface area contributed by atoms with E-state index in [2.05, 4.69) is 57.2 Å². The van der Waals surface area contributed by atoms with E-state index < -0.39 is 6.10 Å². The van der Waals surface area contributed by atoms with Crippen molar-refractivity contribution in [3.8, 4) is 0 Å². The summed E-state index contributed by atoms with van der Waals surface area (Å²) >= 11 is 0. The monoisotopic (exact) mass is 1020 g/mol. The Morgan fingerprint density at radius 1 is 0.274 bits per heavy atom. The quantitative estimate of drug-likeness (QED) is 0.0261. The second-order valence-corrected chi connectivity index (χ2v) is 22.0. The maximum absolute atomic E-state index is 12.9. The molecule has 1 atom stereocenters. The van der Waals surface area contributed by atoms with Gasteiger partial charge in [0.15, 0.2) is 6.10 Å². The molecule has 0 fully saturated rings. The van der Waals surface area contributed by atoms with E-state index >= 15 is 0 Å². The van der Waals surface area contributed by atoms with Gasteiger partial charge in [0.05, 0.1) is 0 Å². The van der Waals surface area contributed by atoms with Crippen molar-refractivity contribution in [2.45, 2.75) is 361 Å². The first kappa shape index (κ1) is 70.6. The summed E-state index contributed by atoms with van der Waals surface area (Å²) in [6.07, 6.45) is 75.7. The molecule has 0 saturated carbocycles. The zero-order chi connectivity index (χ0) is 52.9. The summed E-state index contributed by atoms with van der Waals surface area (Å²) in [4.78, 5) is 38.3. The van der Waals surface area contributed by atoms with E-state index in [0.717, 1.165) is 64.2 Å². The molecule has 0 aliphatic carbocycles. The number of carbonyl (C=O) groups excluding carboxylic acids is 3. The maximum atomic E-state index is 12.9. The normalized spacial score (nSPS) is 12.2. The van der Waals surface area contributed by atoms with Crippen LogP contribution in [0, 0.1) is 0 Å². The van der Waals surface area contributed by atoms with Gasteiger partial charge in [0.1, 0.15) is 13.2 Å². The van der Waals surface area contributed by atoms with Gasteiger partial charge < -0.3 is 14.2 Å². The molecule has 0 amide bonds. The summed E-state index contributed by atoms with van der Waals surface area (Å²) in [5, 5.41) is 0. The van der Waals surface area contributed by atoms with Crippen molar-refractivity contribution in [1.29, 1.82) is 0 Å². The Kier molecular flexibility index (Phi) is 60.2. The first-order valence-corrected chi connectivity index (χ1v) is 32.5. The van der Waals surface area contributed by atoms with Crippen LogP contribution in [0.4, 0.5) is 0 Å². The Labute approximate surface area is 455 Å². The van der Waals surface area contributed by atoms with E-state index in [4.69, 9.17) is 14.2 Å². The number of esters is 3. The molecule has 0 aromatic carbocycles. The minimum absolute atomic E-state index is 0.0707. The first-order valence-electron chi connectivity index (χ1n) is 32.5. The van der Waals surface area contributed by atoms with Crippen molar-refractivity contribution in [3.05, 3.63) is 36.5 Å². The molecule has 0 aliphatic rings. The van der Waals surface area contributed by atoms with Crippen LogP contribution in [0.1, 0.15) is 355 Å². The molecule has 0 bridgehead atoms. The number of carbonyl (C=O) groups is 3. The lowest BCUT2D eigenvalue weighted by atomic mass is 10.0. The highest BCUT2D eigenvalue weighted by Gasteiger charge is 2.19. The maximum Gasteiger partial charge on any atom is 0.306 e. The molecule has 6 heteroatoms. The van der Waals surface area contributed by atoms with E-state index in [0.29, 0.717) is 19.3 Å². The molecule has 73 heavy (non-hydrogen) atoms. The van der Waals surface area contributed by atoms with E-state index in [1.807, 2.05) is 0 Å². The van der Waals surface area contributed by atoms with Crippen molar-refractivity contribution >= 4 is 17.9 Å². The summed E-state index contributed by atoms with van der Waals surface area (Å²) in [6, 6.07) is 0. The first-order chi connectivity index (χ1) is 36.0. The lowest BCUT2D eigenvalue weighted by Gasteiger charge is -2.18. The van der Waals surface area contributed by atoms with Crippen molar-refractivity contribution < 1.29 is 28.6 Å². The fourth-order valence-corrected chi connectivity index (χ4v) is 9.71. The van der Waals surface area contributed by atoms with Gasteiger partial charge in [-0.15, -0.1) is 0 Å². The number of hydrogen-bond acceptors (Lipinski definition) is 6. The van der Waals surface area contributed by atoms with Gasteiger partial charge >= 0.3 is 17.9 Å². The van der Waals surface area contributed by atoms with Crippen LogP contribution in [0.25, 0.3) is 0 Å². The summed E-state index contributed by atoms with van der Waals surface area (Å²) in [5.41, 5.74) is 0. The van der Waals surface area contributed by atoms with Crippen LogP contribution in [0.5, 0.6) is 0 Å². The van der Waals surface area contributed by atoms with Crippen LogP contribution in [0.3, 0.4) is 0 Å². The van der Waals surface area contributed by atoms with Crippen molar-refractivity contribution in [1.82, 2.24) is 0 Å². The minimum atomic E-state index is -0.774. The molecule has 0 radical (unpaired) electrons. The van der Waals surface area contributed by atoms with E-state index in [-0.39, 0.29) is 31.1 Å². The Morgan fingerprint density at radius 3 is 0.795 bits per heavy atom. The van der Waals surface area contributed by atoms with Crippen molar-refractivity contribution in [3.63, 3.8) is 0 Å². The molecule has 6 nitrogen and oxygen atoms in total. The Bertz CT molecular complexity index is 1220. The van der Waals surface area contributed by atoms with Crippen LogP contribution in [-0.4, -0.2) is 37.2 Å². The van der Waals surface area contributed by atoms with Crippen LogP contribution in [0.2, 0.25) is 0 Å². The fourth-order valence-electron chi connectivity index (χ4n) is 9.71. The molecule has 0 saturated heterocycles. The number of hydrogen-bond donors (Lipinski definition) is 0. The summed E-state index contributed by atoms with van der Waals surface area (Å²) < 4.78 is 17.0. The summed E-state index contributed by atoms with van der Waals surface area (Å²) in [5.74, 6) is -0.854. The summed E-state index contributed by atoms with van der Waals surface area (Å²) in [6.45, 7) is 6.67. The fraction of sp³-hybridized carbons (Fsp3) is 0.866. The van der Waals surface area contributed by atoms with Gasteiger partial charge in [0, 0.05) is 19.3 Å². The lowest BCUT2D eigenvalue weighted by molar-refractivity contribution is -0.167. The molecule has 0 N–H and O–H groups in total. The molecule has 0 heterocycles. The number of rotatable bonds is 60. The zero-order valence-electron chi connectivity index (χ0n) is 49.2. The van der Waals surface area contributed by atoms with Crippen LogP contribution in [0.15, 0.2) is 36.5 Å². The van der Waals surface area contributed by atoms with Gasteiger partial charge in [-0.25, -0.2) is 0 Å². The predicted molar refractivity (Wildman–Crippen MR) is 316 cm³/mol. The molecule has 0 rings (SSSR count). The molecule has 0 aliphatic heterocycles. The zero-order valence-corrected chi connectivity index (χ0v) is 49.2. The van der Waals surface area contributed by atoms with Gasteiger partial charge in [0.2, 0.25) is 0 Å². The minimum Gasteiger partial charge on any atom is -0.462 e. The molecule has 0 spiro atoms.